The van der Waals surface area contributed by atoms with Crippen LogP contribution in [0.5, 0.6) is 0 Å². The number of allylic oxidation sites excluding steroid dienone is 1. The van der Waals surface area contributed by atoms with Gasteiger partial charge in [0, 0.05) is 13.3 Å². The molecule has 15 heavy (non-hydrogen) atoms. The molecule has 0 atom stereocenters. The molecule has 80 valence electrons. The van der Waals surface area contributed by atoms with Gasteiger partial charge < -0.3 is 0 Å². The minimum absolute atomic E-state index is 0.589. The summed E-state index contributed by atoms with van der Waals surface area (Å²) in [6, 6.07) is 4.83. The van der Waals surface area contributed by atoms with E-state index in [1.54, 1.807) is 7.05 Å². The zero-order chi connectivity index (χ0) is 11.5. The summed E-state index contributed by atoms with van der Waals surface area (Å²) >= 11 is 0. The largest absolute Gasteiger partial charge is 0.416 e. The molecule has 0 saturated carbocycles. The molecule has 0 spiro atoms. The molecule has 0 aromatic heterocycles. The lowest BCUT2D eigenvalue weighted by Gasteiger charge is -2.07. The number of nitrogens with zero attached hydrogens (tertiary/aromatic N) is 1. The number of hydrogen-bond acceptors (Lipinski definition) is 1. The molecule has 0 heterocycles. The molecule has 0 fully saturated rings. The van der Waals surface area contributed by atoms with Crippen molar-refractivity contribution >= 4 is 11.8 Å². The van der Waals surface area contributed by atoms with Crippen molar-refractivity contribution in [1.29, 1.82) is 0 Å². The standard InChI is InChI=1S/C11H10F3N/c1-8(7-15-2)9-3-5-10(6-4-9)11(12,13)14/h3-7H,1H2,2H3. The molecule has 0 N–H and O–H groups in total. The van der Waals surface area contributed by atoms with Gasteiger partial charge in [-0.05, 0) is 23.3 Å². The molecule has 0 aliphatic rings. The van der Waals surface area contributed by atoms with Crippen LogP contribution in [0.3, 0.4) is 0 Å². The maximum absolute atomic E-state index is 12.2. The Morgan fingerprint density at radius 1 is 1.27 bits per heavy atom. The predicted molar refractivity (Wildman–Crippen MR) is 54.9 cm³/mol. The first-order chi connectivity index (χ1) is 6.95. The van der Waals surface area contributed by atoms with Crippen molar-refractivity contribution in [1.82, 2.24) is 0 Å². The first kappa shape index (κ1) is 11.5. The zero-order valence-corrected chi connectivity index (χ0v) is 8.17. The average molecular weight is 213 g/mol. The Morgan fingerprint density at radius 2 is 1.80 bits per heavy atom. The van der Waals surface area contributed by atoms with Crippen LogP contribution in [-0.4, -0.2) is 13.3 Å². The SMILES string of the molecule is C=C(C=NC)c1ccc(C(F)(F)F)cc1. The fraction of sp³-hybridized carbons (Fsp3) is 0.182. The Bertz CT molecular complexity index is 374. The first-order valence-electron chi connectivity index (χ1n) is 4.24. The van der Waals surface area contributed by atoms with Crippen LogP contribution < -0.4 is 0 Å². The Hall–Kier alpha value is -1.58. The summed E-state index contributed by atoms with van der Waals surface area (Å²) < 4.78 is 36.7. The quantitative estimate of drug-likeness (QED) is 0.667. The minimum atomic E-state index is -4.29. The average Bonchev–Trinajstić information content (AvgIpc) is 2.17. The van der Waals surface area contributed by atoms with Crippen LogP contribution in [0.25, 0.3) is 5.57 Å². The molecule has 0 saturated heterocycles. The smallest absolute Gasteiger partial charge is 0.296 e. The van der Waals surface area contributed by atoms with Crippen molar-refractivity contribution in [2.75, 3.05) is 7.05 Å². The van der Waals surface area contributed by atoms with Crippen LogP contribution in [0.2, 0.25) is 0 Å². The van der Waals surface area contributed by atoms with Crippen molar-refractivity contribution in [2.45, 2.75) is 6.18 Å². The van der Waals surface area contributed by atoms with E-state index in [0.717, 1.165) is 12.1 Å². The molecule has 1 rings (SSSR count). The second-order valence-corrected chi connectivity index (χ2v) is 2.99. The monoisotopic (exact) mass is 213 g/mol. The van der Waals surface area contributed by atoms with Crippen molar-refractivity contribution in [3.63, 3.8) is 0 Å². The molecule has 0 radical (unpaired) electrons. The van der Waals surface area contributed by atoms with Crippen molar-refractivity contribution < 1.29 is 13.2 Å². The van der Waals surface area contributed by atoms with E-state index in [1.807, 2.05) is 0 Å². The van der Waals surface area contributed by atoms with Gasteiger partial charge in [-0.2, -0.15) is 13.2 Å². The molecule has 1 aromatic rings. The van der Waals surface area contributed by atoms with Crippen molar-refractivity contribution in [2.24, 2.45) is 4.99 Å². The number of alkyl halides is 3. The lowest BCUT2D eigenvalue weighted by Crippen LogP contribution is -2.04. The van der Waals surface area contributed by atoms with Gasteiger partial charge in [0.1, 0.15) is 0 Å². The van der Waals surface area contributed by atoms with Crippen LogP contribution in [0.4, 0.5) is 13.2 Å². The molecular weight excluding hydrogens is 203 g/mol. The number of rotatable bonds is 2. The topological polar surface area (TPSA) is 12.4 Å². The molecule has 0 bridgehead atoms. The van der Waals surface area contributed by atoms with Crippen molar-refractivity contribution in [3.8, 4) is 0 Å². The fourth-order valence-electron chi connectivity index (χ4n) is 1.10. The molecular formula is C11H10F3N. The van der Waals surface area contributed by atoms with E-state index in [9.17, 15) is 13.2 Å². The number of aliphatic imine (C=N–C) groups is 1. The van der Waals surface area contributed by atoms with Gasteiger partial charge in [-0.25, -0.2) is 0 Å². The van der Waals surface area contributed by atoms with Crippen LogP contribution in [0, 0.1) is 0 Å². The zero-order valence-electron chi connectivity index (χ0n) is 8.17. The summed E-state index contributed by atoms with van der Waals surface area (Å²) in [6.07, 6.45) is -2.79. The predicted octanol–water partition coefficient (Wildman–Crippen LogP) is 3.42. The Morgan fingerprint density at radius 3 is 2.20 bits per heavy atom. The summed E-state index contributed by atoms with van der Waals surface area (Å²) in [6.45, 7) is 3.68. The second-order valence-electron chi connectivity index (χ2n) is 2.99. The van der Waals surface area contributed by atoms with Gasteiger partial charge >= 0.3 is 6.18 Å². The van der Waals surface area contributed by atoms with E-state index in [0.29, 0.717) is 11.1 Å². The second kappa shape index (κ2) is 4.29. The van der Waals surface area contributed by atoms with E-state index in [-0.39, 0.29) is 0 Å². The minimum Gasteiger partial charge on any atom is -0.296 e. The number of benzene rings is 1. The maximum atomic E-state index is 12.2. The normalized spacial score (nSPS) is 12.0. The summed E-state index contributed by atoms with van der Waals surface area (Å²) in [5.41, 5.74) is 0.562. The Labute approximate surface area is 86.0 Å². The van der Waals surface area contributed by atoms with Gasteiger partial charge in [-0.1, -0.05) is 18.7 Å². The van der Waals surface area contributed by atoms with Crippen LogP contribution in [0.1, 0.15) is 11.1 Å². The lowest BCUT2D eigenvalue weighted by atomic mass is 10.1. The van der Waals surface area contributed by atoms with Gasteiger partial charge in [-0.3, -0.25) is 4.99 Å². The highest BCUT2D eigenvalue weighted by atomic mass is 19.4. The molecule has 1 nitrogen and oxygen atoms in total. The summed E-state index contributed by atoms with van der Waals surface area (Å²) in [5.74, 6) is 0. The van der Waals surface area contributed by atoms with E-state index < -0.39 is 11.7 Å². The lowest BCUT2D eigenvalue weighted by molar-refractivity contribution is -0.137. The fourth-order valence-corrected chi connectivity index (χ4v) is 1.10. The number of halogens is 3. The maximum Gasteiger partial charge on any atom is 0.416 e. The third kappa shape index (κ3) is 2.94. The number of hydrogen-bond donors (Lipinski definition) is 0. The van der Waals surface area contributed by atoms with Gasteiger partial charge in [0.2, 0.25) is 0 Å². The molecule has 0 aliphatic heterocycles. The van der Waals surface area contributed by atoms with E-state index in [4.69, 9.17) is 0 Å². The summed E-state index contributed by atoms with van der Waals surface area (Å²) in [5, 5.41) is 0. The van der Waals surface area contributed by atoms with Crippen LogP contribution in [0.15, 0.2) is 35.8 Å². The highest BCUT2D eigenvalue weighted by Crippen LogP contribution is 2.29. The van der Waals surface area contributed by atoms with Gasteiger partial charge in [0.15, 0.2) is 0 Å². The van der Waals surface area contributed by atoms with Crippen molar-refractivity contribution in [3.05, 3.63) is 42.0 Å². The van der Waals surface area contributed by atoms with E-state index in [2.05, 4.69) is 11.6 Å². The highest BCUT2D eigenvalue weighted by Gasteiger charge is 2.29. The Kier molecular flexibility index (Phi) is 3.29. The van der Waals surface area contributed by atoms with E-state index >= 15 is 0 Å². The third-order valence-corrected chi connectivity index (χ3v) is 1.87. The molecule has 0 unspecified atom stereocenters. The van der Waals surface area contributed by atoms with Gasteiger partial charge in [-0.15, -0.1) is 0 Å². The molecule has 0 amide bonds. The molecule has 1 aromatic carbocycles. The third-order valence-electron chi connectivity index (χ3n) is 1.87. The molecule has 4 heteroatoms. The summed E-state index contributed by atoms with van der Waals surface area (Å²) in [4.78, 5) is 3.74. The molecule has 0 aliphatic carbocycles. The van der Waals surface area contributed by atoms with Crippen LogP contribution in [-0.2, 0) is 6.18 Å². The first-order valence-corrected chi connectivity index (χ1v) is 4.24. The Balaban J connectivity index is 2.95. The summed E-state index contributed by atoms with van der Waals surface area (Å²) in [7, 11) is 1.58. The van der Waals surface area contributed by atoms with E-state index in [1.165, 1.54) is 18.3 Å². The van der Waals surface area contributed by atoms with Crippen LogP contribution >= 0.6 is 0 Å². The van der Waals surface area contributed by atoms with Gasteiger partial charge in [0.25, 0.3) is 0 Å². The highest BCUT2D eigenvalue weighted by molar-refractivity contribution is 6.08. The van der Waals surface area contributed by atoms with Gasteiger partial charge in [0.05, 0.1) is 5.56 Å².